The number of nitrogens with zero attached hydrogens (tertiary/aromatic N) is 2. The van der Waals surface area contributed by atoms with Crippen LogP contribution in [0.4, 0.5) is 0 Å². The van der Waals surface area contributed by atoms with Crippen molar-refractivity contribution in [2.75, 3.05) is 17.4 Å². The van der Waals surface area contributed by atoms with Crippen molar-refractivity contribution in [2.24, 2.45) is 0 Å². The van der Waals surface area contributed by atoms with Crippen LogP contribution in [-0.4, -0.2) is 32.8 Å². The van der Waals surface area contributed by atoms with E-state index in [1.807, 2.05) is 23.5 Å². The third kappa shape index (κ3) is 2.87. The third-order valence-electron chi connectivity index (χ3n) is 2.50. The van der Waals surface area contributed by atoms with Crippen molar-refractivity contribution in [3.63, 3.8) is 0 Å². The molecule has 1 aromatic heterocycles. The second kappa shape index (κ2) is 6.17. The normalized spacial score (nSPS) is 25.9. The summed E-state index contributed by atoms with van der Waals surface area (Å²) in [4.78, 5) is 4.43. The number of rotatable bonds is 4. The molecule has 0 aliphatic carbocycles. The van der Waals surface area contributed by atoms with E-state index in [9.17, 15) is 0 Å². The van der Waals surface area contributed by atoms with Gasteiger partial charge in [0.1, 0.15) is 0 Å². The topological polar surface area (TPSA) is 38.9 Å². The van der Waals surface area contributed by atoms with Crippen molar-refractivity contribution in [3.05, 3.63) is 11.7 Å². The maximum absolute atomic E-state index is 5.65. The largest absolute Gasteiger partial charge is 0.339 e. The molecular formula is C10H15ClN2OS2. The Morgan fingerprint density at radius 1 is 1.44 bits per heavy atom. The van der Waals surface area contributed by atoms with Gasteiger partial charge < -0.3 is 4.52 Å². The molecule has 90 valence electrons. The highest BCUT2D eigenvalue weighted by molar-refractivity contribution is 8.06. The molecule has 2 rings (SSSR count). The summed E-state index contributed by atoms with van der Waals surface area (Å²) >= 11 is 9.61. The monoisotopic (exact) mass is 278 g/mol. The predicted molar refractivity (Wildman–Crippen MR) is 70.5 cm³/mol. The molecule has 0 radical (unpaired) electrons. The average Bonchev–Trinajstić information content (AvgIpc) is 2.78. The minimum absolute atomic E-state index is 0.386. The molecular weight excluding hydrogens is 264 g/mol. The number of hydrogen-bond donors (Lipinski definition) is 0. The number of hydrogen-bond acceptors (Lipinski definition) is 5. The number of aryl methyl sites for hydroxylation is 1. The van der Waals surface area contributed by atoms with E-state index < -0.39 is 0 Å². The minimum Gasteiger partial charge on any atom is -0.339 e. The zero-order chi connectivity index (χ0) is 11.4. The SMILES string of the molecule is CCC1SCCSC1c1noc(CCCl)n1. The Kier molecular flexibility index (Phi) is 4.85. The molecule has 0 N–H and O–H groups in total. The second-order valence-corrected chi connectivity index (χ2v) is 6.57. The van der Waals surface area contributed by atoms with Crippen molar-refractivity contribution in [2.45, 2.75) is 30.3 Å². The molecule has 1 aromatic rings. The van der Waals surface area contributed by atoms with Gasteiger partial charge in [-0.1, -0.05) is 12.1 Å². The fraction of sp³-hybridized carbons (Fsp3) is 0.800. The molecule has 2 heterocycles. The van der Waals surface area contributed by atoms with Crippen LogP contribution in [0.15, 0.2) is 4.52 Å². The summed E-state index contributed by atoms with van der Waals surface area (Å²) in [5, 5.41) is 5.07. The van der Waals surface area contributed by atoms with Gasteiger partial charge in [-0.3, -0.25) is 0 Å². The maximum Gasteiger partial charge on any atom is 0.227 e. The lowest BCUT2D eigenvalue weighted by molar-refractivity contribution is 0.376. The zero-order valence-electron chi connectivity index (χ0n) is 9.19. The van der Waals surface area contributed by atoms with E-state index in [4.69, 9.17) is 16.1 Å². The Labute approximate surface area is 109 Å². The van der Waals surface area contributed by atoms with Crippen LogP contribution in [0.2, 0.25) is 0 Å². The van der Waals surface area contributed by atoms with Gasteiger partial charge >= 0.3 is 0 Å². The predicted octanol–water partition coefficient (Wildman–Crippen LogP) is 3.15. The summed E-state index contributed by atoms with van der Waals surface area (Å²) in [5.41, 5.74) is 0. The fourth-order valence-electron chi connectivity index (χ4n) is 1.71. The van der Waals surface area contributed by atoms with Gasteiger partial charge in [-0.05, 0) is 6.42 Å². The van der Waals surface area contributed by atoms with E-state index in [-0.39, 0.29) is 0 Å². The van der Waals surface area contributed by atoms with Crippen molar-refractivity contribution < 1.29 is 4.52 Å². The molecule has 0 bridgehead atoms. The molecule has 16 heavy (non-hydrogen) atoms. The van der Waals surface area contributed by atoms with Crippen LogP contribution in [0.1, 0.15) is 30.3 Å². The molecule has 0 saturated carbocycles. The first-order chi connectivity index (χ1) is 7.85. The van der Waals surface area contributed by atoms with Crippen LogP contribution < -0.4 is 0 Å². The Morgan fingerprint density at radius 3 is 3.00 bits per heavy atom. The highest BCUT2D eigenvalue weighted by Crippen LogP contribution is 2.42. The zero-order valence-corrected chi connectivity index (χ0v) is 11.6. The molecule has 1 aliphatic heterocycles. The van der Waals surface area contributed by atoms with Crippen LogP contribution in [-0.2, 0) is 6.42 Å². The van der Waals surface area contributed by atoms with E-state index in [2.05, 4.69) is 17.1 Å². The Bertz CT molecular complexity index is 334. The smallest absolute Gasteiger partial charge is 0.227 e. The number of aromatic nitrogens is 2. The first-order valence-electron chi connectivity index (χ1n) is 5.46. The van der Waals surface area contributed by atoms with Gasteiger partial charge in [0, 0.05) is 29.1 Å². The van der Waals surface area contributed by atoms with Crippen LogP contribution >= 0.6 is 35.1 Å². The van der Waals surface area contributed by atoms with Gasteiger partial charge in [-0.15, -0.1) is 23.4 Å². The van der Waals surface area contributed by atoms with E-state index >= 15 is 0 Å². The van der Waals surface area contributed by atoms with Gasteiger partial charge in [-0.2, -0.15) is 16.7 Å². The van der Waals surface area contributed by atoms with Crippen LogP contribution in [0.25, 0.3) is 0 Å². The first kappa shape index (κ1) is 12.6. The van der Waals surface area contributed by atoms with Crippen molar-refractivity contribution in [3.8, 4) is 0 Å². The molecule has 1 fully saturated rings. The van der Waals surface area contributed by atoms with Gasteiger partial charge in [0.2, 0.25) is 5.89 Å². The highest BCUT2D eigenvalue weighted by Gasteiger charge is 2.30. The summed E-state index contributed by atoms with van der Waals surface area (Å²) in [6.07, 6.45) is 1.82. The molecule has 2 unspecified atom stereocenters. The van der Waals surface area contributed by atoms with Crippen LogP contribution in [0, 0.1) is 0 Å². The number of alkyl halides is 1. The lowest BCUT2D eigenvalue weighted by Gasteiger charge is -2.27. The van der Waals surface area contributed by atoms with Crippen molar-refractivity contribution in [1.29, 1.82) is 0 Å². The van der Waals surface area contributed by atoms with Crippen molar-refractivity contribution >= 4 is 35.1 Å². The van der Waals surface area contributed by atoms with Crippen molar-refractivity contribution in [1.82, 2.24) is 10.1 Å². The first-order valence-corrected chi connectivity index (χ1v) is 8.10. The molecule has 0 amide bonds. The number of thioether (sulfide) groups is 2. The third-order valence-corrected chi connectivity index (χ3v) is 5.93. The van der Waals surface area contributed by atoms with E-state index in [1.165, 1.54) is 11.5 Å². The highest BCUT2D eigenvalue weighted by atomic mass is 35.5. The van der Waals surface area contributed by atoms with E-state index in [1.54, 1.807) is 0 Å². The molecule has 6 heteroatoms. The number of halogens is 1. The molecule has 0 aromatic carbocycles. The molecule has 0 spiro atoms. The quantitative estimate of drug-likeness (QED) is 0.791. The van der Waals surface area contributed by atoms with Crippen LogP contribution in [0.3, 0.4) is 0 Å². The van der Waals surface area contributed by atoms with Gasteiger partial charge in [0.05, 0.1) is 5.25 Å². The standard InChI is InChI=1S/C10H15ClN2OS2/c1-2-7-9(16-6-5-15-7)10-12-8(3-4-11)14-13-10/h7,9H,2-6H2,1H3. The summed E-state index contributed by atoms with van der Waals surface area (Å²) < 4.78 is 5.18. The summed E-state index contributed by atoms with van der Waals surface area (Å²) in [7, 11) is 0. The Morgan fingerprint density at radius 2 is 2.25 bits per heavy atom. The molecule has 2 atom stereocenters. The summed E-state index contributed by atoms with van der Waals surface area (Å²) in [6.45, 7) is 2.22. The minimum atomic E-state index is 0.386. The summed E-state index contributed by atoms with van der Waals surface area (Å²) in [6, 6.07) is 0. The summed E-state index contributed by atoms with van der Waals surface area (Å²) in [5.74, 6) is 4.45. The van der Waals surface area contributed by atoms with E-state index in [0.29, 0.717) is 28.7 Å². The Balaban J connectivity index is 2.08. The second-order valence-electron chi connectivity index (χ2n) is 3.59. The van der Waals surface area contributed by atoms with Crippen LogP contribution in [0.5, 0.6) is 0 Å². The lowest BCUT2D eigenvalue weighted by Crippen LogP contribution is -2.19. The Hall–Kier alpha value is 0.130. The van der Waals surface area contributed by atoms with E-state index in [0.717, 1.165) is 12.2 Å². The lowest BCUT2D eigenvalue weighted by atomic mass is 10.2. The molecule has 1 aliphatic rings. The van der Waals surface area contributed by atoms with Gasteiger partial charge in [0.15, 0.2) is 5.82 Å². The fourth-order valence-corrected chi connectivity index (χ4v) is 4.85. The molecule has 3 nitrogen and oxygen atoms in total. The van der Waals surface area contributed by atoms with Gasteiger partial charge in [-0.25, -0.2) is 0 Å². The maximum atomic E-state index is 5.65. The van der Waals surface area contributed by atoms with Gasteiger partial charge in [0.25, 0.3) is 0 Å². The average molecular weight is 279 g/mol. The molecule has 1 saturated heterocycles.